The van der Waals surface area contributed by atoms with Crippen molar-refractivity contribution in [3.05, 3.63) is 53.4 Å². The van der Waals surface area contributed by atoms with Crippen LogP contribution in [0.5, 0.6) is 0 Å². The minimum absolute atomic E-state index is 0.0666. The molecule has 0 bridgehead atoms. The lowest BCUT2D eigenvalue weighted by atomic mass is 9.89. The van der Waals surface area contributed by atoms with Crippen molar-refractivity contribution in [2.24, 2.45) is 0 Å². The molecule has 2 N–H and O–H groups in total. The Kier molecular flexibility index (Phi) is 4.60. The van der Waals surface area contributed by atoms with Gasteiger partial charge in [-0.05, 0) is 44.0 Å². The summed E-state index contributed by atoms with van der Waals surface area (Å²) in [6, 6.07) is 4.70. The SMILES string of the molecule is Cc1cc(-c2cn[nH]c2)cc(C2CCCN2Cc2cn[nH]c2C(C)(C)C)n1. The fourth-order valence-corrected chi connectivity index (χ4v) is 4.09. The van der Waals surface area contributed by atoms with Gasteiger partial charge in [-0.15, -0.1) is 0 Å². The number of aryl methyl sites for hydroxylation is 1. The zero-order chi connectivity index (χ0) is 19.0. The highest BCUT2D eigenvalue weighted by Crippen LogP contribution is 2.35. The lowest BCUT2D eigenvalue weighted by Crippen LogP contribution is -2.25. The van der Waals surface area contributed by atoms with E-state index in [1.807, 2.05) is 18.6 Å². The zero-order valence-corrected chi connectivity index (χ0v) is 16.6. The molecule has 4 rings (SSSR count). The summed E-state index contributed by atoms with van der Waals surface area (Å²) in [6.45, 7) is 10.8. The van der Waals surface area contributed by atoms with Gasteiger partial charge in [-0.1, -0.05) is 20.8 Å². The molecule has 27 heavy (non-hydrogen) atoms. The predicted octanol–water partition coefficient (Wildman–Crippen LogP) is 4.14. The van der Waals surface area contributed by atoms with Crippen molar-refractivity contribution in [3.63, 3.8) is 0 Å². The molecule has 4 heterocycles. The smallest absolute Gasteiger partial charge is 0.0584 e. The van der Waals surface area contributed by atoms with Crippen LogP contribution >= 0.6 is 0 Å². The number of nitrogens with zero attached hydrogens (tertiary/aromatic N) is 4. The van der Waals surface area contributed by atoms with Crippen LogP contribution in [0.3, 0.4) is 0 Å². The average Bonchev–Trinajstić information content (AvgIpc) is 3.36. The Morgan fingerprint density at radius 1 is 1.15 bits per heavy atom. The highest BCUT2D eigenvalue weighted by molar-refractivity contribution is 5.62. The largest absolute Gasteiger partial charge is 0.290 e. The highest BCUT2D eigenvalue weighted by atomic mass is 15.2. The molecule has 0 amide bonds. The quantitative estimate of drug-likeness (QED) is 0.730. The van der Waals surface area contributed by atoms with Gasteiger partial charge in [-0.3, -0.25) is 20.1 Å². The van der Waals surface area contributed by atoms with Gasteiger partial charge in [-0.2, -0.15) is 10.2 Å². The normalized spacial score (nSPS) is 18.3. The molecule has 3 aromatic heterocycles. The van der Waals surface area contributed by atoms with Crippen LogP contribution in [-0.4, -0.2) is 36.8 Å². The monoisotopic (exact) mass is 364 g/mol. The van der Waals surface area contributed by atoms with Crippen molar-refractivity contribution < 1.29 is 0 Å². The Balaban J connectivity index is 1.62. The van der Waals surface area contributed by atoms with Crippen LogP contribution in [0.1, 0.15) is 62.3 Å². The lowest BCUT2D eigenvalue weighted by molar-refractivity contribution is 0.242. The summed E-state index contributed by atoms with van der Waals surface area (Å²) in [7, 11) is 0. The van der Waals surface area contributed by atoms with E-state index in [0.717, 1.165) is 36.5 Å². The Morgan fingerprint density at radius 2 is 2.00 bits per heavy atom. The highest BCUT2D eigenvalue weighted by Gasteiger charge is 2.30. The number of hydrogen-bond donors (Lipinski definition) is 2. The van der Waals surface area contributed by atoms with Crippen LogP contribution in [0.4, 0.5) is 0 Å². The van der Waals surface area contributed by atoms with Crippen LogP contribution in [-0.2, 0) is 12.0 Å². The second-order valence-electron chi connectivity index (χ2n) is 8.56. The van der Waals surface area contributed by atoms with Crippen LogP contribution in [0.2, 0.25) is 0 Å². The molecule has 6 heteroatoms. The molecule has 1 aliphatic heterocycles. The number of aromatic amines is 2. The maximum Gasteiger partial charge on any atom is 0.0584 e. The van der Waals surface area contributed by atoms with E-state index in [-0.39, 0.29) is 5.41 Å². The second-order valence-corrected chi connectivity index (χ2v) is 8.56. The standard InChI is InChI=1S/C21H28N6/c1-14-8-15(16-10-22-23-11-16)9-18(25-14)19-6-5-7-27(19)13-17-12-24-26-20(17)21(2,3)4/h8-12,19H,5-7,13H2,1-4H3,(H,22,23)(H,24,26). The molecule has 0 aliphatic carbocycles. The Bertz CT molecular complexity index is 903. The zero-order valence-electron chi connectivity index (χ0n) is 16.6. The first-order chi connectivity index (χ1) is 12.9. The fraction of sp³-hybridized carbons (Fsp3) is 0.476. The van der Waals surface area contributed by atoms with E-state index in [2.05, 4.69) is 65.1 Å². The summed E-state index contributed by atoms with van der Waals surface area (Å²) in [5.74, 6) is 0. The summed E-state index contributed by atoms with van der Waals surface area (Å²) in [5, 5.41) is 14.5. The number of rotatable bonds is 4. The summed E-state index contributed by atoms with van der Waals surface area (Å²) in [5.41, 5.74) is 7.07. The number of H-pyrrole nitrogens is 2. The summed E-state index contributed by atoms with van der Waals surface area (Å²) in [6.07, 6.45) is 8.13. The van der Waals surface area contributed by atoms with Gasteiger partial charge in [0, 0.05) is 40.7 Å². The molecular formula is C21H28N6. The molecule has 1 fully saturated rings. The molecule has 0 spiro atoms. The Hall–Kier alpha value is -2.47. The molecule has 142 valence electrons. The van der Waals surface area contributed by atoms with Crippen LogP contribution in [0, 0.1) is 6.92 Å². The molecule has 0 saturated carbocycles. The number of pyridine rings is 1. The van der Waals surface area contributed by atoms with Gasteiger partial charge >= 0.3 is 0 Å². The van der Waals surface area contributed by atoms with Gasteiger partial charge in [0.05, 0.1) is 24.1 Å². The van der Waals surface area contributed by atoms with Crippen molar-refractivity contribution in [3.8, 4) is 11.1 Å². The van der Waals surface area contributed by atoms with Gasteiger partial charge < -0.3 is 0 Å². The summed E-state index contributed by atoms with van der Waals surface area (Å²) >= 11 is 0. The number of aromatic nitrogens is 5. The minimum Gasteiger partial charge on any atom is -0.290 e. The van der Waals surface area contributed by atoms with Gasteiger partial charge in [-0.25, -0.2) is 0 Å². The first-order valence-corrected chi connectivity index (χ1v) is 9.66. The van der Waals surface area contributed by atoms with Crippen molar-refractivity contribution in [1.29, 1.82) is 0 Å². The summed E-state index contributed by atoms with van der Waals surface area (Å²) in [4.78, 5) is 7.42. The van der Waals surface area contributed by atoms with E-state index in [1.165, 1.54) is 23.2 Å². The molecule has 3 aromatic rings. The predicted molar refractivity (Wildman–Crippen MR) is 106 cm³/mol. The molecule has 1 saturated heterocycles. The van der Waals surface area contributed by atoms with Crippen molar-refractivity contribution in [1.82, 2.24) is 30.3 Å². The van der Waals surface area contributed by atoms with E-state index in [9.17, 15) is 0 Å². The third-order valence-electron chi connectivity index (χ3n) is 5.35. The van der Waals surface area contributed by atoms with Gasteiger partial charge in [0.2, 0.25) is 0 Å². The Labute approximate surface area is 160 Å². The van der Waals surface area contributed by atoms with Crippen molar-refractivity contribution in [2.45, 2.75) is 58.5 Å². The number of nitrogens with one attached hydrogen (secondary N) is 2. The lowest BCUT2D eigenvalue weighted by Gasteiger charge is -2.26. The molecular weight excluding hydrogens is 336 g/mol. The van der Waals surface area contributed by atoms with Crippen LogP contribution in [0.25, 0.3) is 11.1 Å². The topological polar surface area (TPSA) is 73.5 Å². The van der Waals surface area contributed by atoms with E-state index in [0.29, 0.717) is 6.04 Å². The molecule has 0 aromatic carbocycles. The molecule has 1 atom stereocenters. The van der Waals surface area contributed by atoms with Crippen molar-refractivity contribution in [2.75, 3.05) is 6.54 Å². The third kappa shape index (κ3) is 3.67. The average molecular weight is 364 g/mol. The van der Waals surface area contributed by atoms with E-state index in [4.69, 9.17) is 4.98 Å². The second kappa shape index (κ2) is 6.93. The molecule has 1 unspecified atom stereocenters. The van der Waals surface area contributed by atoms with Crippen molar-refractivity contribution >= 4 is 0 Å². The molecule has 0 radical (unpaired) electrons. The van der Waals surface area contributed by atoms with Gasteiger partial charge in [0.1, 0.15) is 0 Å². The van der Waals surface area contributed by atoms with Gasteiger partial charge in [0.15, 0.2) is 0 Å². The Morgan fingerprint density at radius 3 is 2.74 bits per heavy atom. The molecule has 6 nitrogen and oxygen atoms in total. The first kappa shape index (κ1) is 17.9. The maximum absolute atomic E-state index is 4.88. The van der Waals surface area contributed by atoms with E-state index in [1.54, 1.807) is 0 Å². The first-order valence-electron chi connectivity index (χ1n) is 9.66. The fourth-order valence-electron chi connectivity index (χ4n) is 4.09. The van der Waals surface area contributed by atoms with E-state index >= 15 is 0 Å². The minimum atomic E-state index is 0.0666. The van der Waals surface area contributed by atoms with Gasteiger partial charge in [0.25, 0.3) is 0 Å². The number of likely N-dealkylation sites (tertiary alicyclic amines) is 1. The summed E-state index contributed by atoms with van der Waals surface area (Å²) < 4.78 is 0. The van der Waals surface area contributed by atoms with Crippen LogP contribution < -0.4 is 0 Å². The number of hydrogen-bond acceptors (Lipinski definition) is 4. The molecule has 1 aliphatic rings. The third-order valence-corrected chi connectivity index (χ3v) is 5.35. The van der Waals surface area contributed by atoms with E-state index < -0.39 is 0 Å². The maximum atomic E-state index is 4.88. The van der Waals surface area contributed by atoms with Crippen LogP contribution in [0.15, 0.2) is 30.7 Å².